The summed E-state index contributed by atoms with van der Waals surface area (Å²) in [6.07, 6.45) is 3.14. The van der Waals surface area contributed by atoms with E-state index in [1.807, 2.05) is 26.2 Å². The molecule has 7 nitrogen and oxygen atoms in total. The number of fused-ring (bicyclic) bond motifs is 1. The third-order valence-corrected chi connectivity index (χ3v) is 5.42. The molecule has 0 spiro atoms. The van der Waals surface area contributed by atoms with Gasteiger partial charge in [0.1, 0.15) is 0 Å². The first kappa shape index (κ1) is 21.3. The molecule has 1 amide bonds. The molecule has 1 aromatic carbocycles. The van der Waals surface area contributed by atoms with Gasteiger partial charge in [0.2, 0.25) is 11.1 Å². The number of thioether (sulfide) groups is 1. The van der Waals surface area contributed by atoms with E-state index < -0.39 is 0 Å². The summed E-state index contributed by atoms with van der Waals surface area (Å²) in [5.74, 6) is 0.586. The summed E-state index contributed by atoms with van der Waals surface area (Å²) >= 11 is 1.48. The first-order valence-electron chi connectivity index (χ1n) is 9.74. The second-order valence-electron chi connectivity index (χ2n) is 7.18. The van der Waals surface area contributed by atoms with Crippen molar-refractivity contribution in [3.63, 3.8) is 0 Å². The highest BCUT2D eigenvalue weighted by molar-refractivity contribution is 7.98. The number of aromatic nitrogens is 4. The molecule has 3 rings (SSSR count). The van der Waals surface area contributed by atoms with E-state index in [9.17, 15) is 4.79 Å². The molecule has 0 radical (unpaired) electrons. The van der Waals surface area contributed by atoms with Crippen molar-refractivity contribution in [3.8, 4) is 0 Å². The SMILES string of the molecule is CSc1nc2nc(C)c(CC(=O)NCCCN(C)Cc3ccccc3)c(C)n2n1. The number of hydrogen-bond donors (Lipinski definition) is 1. The van der Waals surface area contributed by atoms with Crippen LogP contribution in [0.2, 0.25) is 0 Å². The Labute approximate surface area is 175 Å². The predicted octanol–water partition coefficient (Wildman–Crippen LogP) is 2.64. The smallest absolute Gasteiger partial charge is 0.253 e. The Bertz CT molecular complexity index is 972. The minimum atomic E-state index is 0.00766. The molecule has 2 heterocycles. The average Bonchev–Trinajstić information content (AvgIpc) is 3.12. The number of hydrogen-bond acceptors (Lipinski definition) is 6. The van der Waals surface area contributed by atoms with Gasteiger partial charge in [0.25, 0.3) is 5.78 Å². The average molecular weight is 413 g/mol. The maximum absolute atomic E-state index is 12.4. The Kier molecular flexibility index (Phi) is 7.22. The van der Waals surface area contributed by atoms with E-state index in [1.165, 1.54) is 17.3 Å². The summed E-state index contributed by atoms with van der Waals surface area (Å²) in [6.45, 7) is 6.38. The molecule has 0 atom stereocenters. The molecule has 0 aliphatic heterocycles. The first-order valence-corrected chi connectivity index (χ1v) is 11.0. The van der Waals surface area contributed by atoms with Crippen molar-refractivity contribution in [1.29, 1.82) is 0 Å². The summed E-state index contributed by atoms with van der Waals surface area (Å²) in [7, 11) is 2.10. The van der Waals surface area contributed by atoms with Gasteiger partial charge < -0.3 is 10.2 Å². The molecule has 0 unspecified atom stereocenters. The van der Waals surface area contributed by atoms with E-state index in [-0.39, 0.29) is 5.91 Å². The fourth-order valence-corrected chi connectivity index (χ4v) is 3.64. The van der Waals surface area contributed by atoms with Gasteiger partial charge in [-0.3, -0.25) is 4.79 Å². The molecular weight excluding hydrogens is 384 g/mol. The molecule has 0 aliphatic rings. The topological polar surface area (TPSA) is 75.4 Å². The van der Waals surface area contributed by atoms with Crippen molar-refractivity contribution in [3.05, 3.63) is 52.8 Å². The molecule has 1 N–H and O–H groups in total. The number of aryl methyl sites for hydroxylation is 2. The van der Waals surface area contributed by atoms with Gasteiger partial charge in [-0.15, -0.1) is 5.10 Å². The van der Waals surface area contributed by atoms with Crippen molar-refractivity contribution in [2.45, 2.75) is 38.4 Å². The number of nitrogens with one attached hydrogen (secondary N) is 1. The van der Waals surface area contributed by atoms with Crippen molar-refractivity contribution < 1.29 is 4.79 Å². The Hall–Kier alpha value is -2.45. The predicted molar refractivity (Wildman–Crippen MR) is 116 cm³/mol. The third-order valence-electron chi connectivity index (χ3n) is 4.88. The van der Waals surface area contributed by atoms with E-state index >= 15 is 0 Å². The second-order valence-corrected chi connectivity index (χ2v) is 7.95. The molecule has 3 aromatic rings. The normalized spacial score (nSPS) is 11.3. The van der Waals surface area contributed by atoms with Crippen LogP contribution in [0.25, 0.3) is 5.78 Å². The van der Waals surface area contributed by atoms with E-state index in [4.69, 9.17) is 0 Å². The van der Waals surface area contributed by atoms with Gasteiger partial charge in [0, 0.05) is 30.0 Å². The molecule has 154 valence electrons. The van der Waals surface area contributed by atoms with Crippen LogP contribution in [0.5, 0.6) is 0 Å². The Morgan fingerprint density at radius 2 is 1.97 bits per heavy atom. The lowest BCUT2D eigenvalue weighted by molar-refractivity contribution is -0.120. The van der Waals surface area contributed by atoms with Crippen molar-refractivity contribution in [2.75, 3.05) is 26.4 Å². The lowest BCUT2D eigenvalue weighted by Gasteiger charge is -2.17. The van der Waals surface area contributed by atoms with Gasteiger partial charge in [-0.2, -0.15) is 4.98 Å². The van der Waals surface area contributed by atoms with Crippen molar-refractivity contribution in [1.82, 2.24) is 29.8 Å². The second kappa shape index (κ2) is 9.84. The van der Waals surface area contributed by atoms with E-state index in [0.29, 0.717) is 23.9 Å². The molecule has 29 heavy (non-hydrogen) atoms. The van der Waals surface area contributed by atoms with Gasteiger partial charge in [-0.25, -0.2) is 9.50 Å². The molecule has 0 saturated carbocycles. The quantitative estimate of drug-likeness (QED) is 0.430. The number of carbonyl (C=O) groups excluding carboxylic acids is 1. The van der Waals surface area contributed by atoms with Crippen LogP contribution >= 0.6 is 11.8 Å². The van der Waals surface area contributed by atoms with E-state index in [1.54, 1.807) is 4.52 Å². The van der Waals surface area contributed by atoms with Gasteiger partial charge >= 0.3 is 0 Å². The lowest BCUT2D eigenvalue weighted by Crippen LogP contribution is -2.29. The lowest BCUT2D eigenvalue weighted by atomic mass is 10.1. The minimum absolute atomic E-state index is 0.00766. The standard InChI is InChI=1S/C21H28N6OS/c1-15-18(16(2)27-20(23-15)24-21(25-27)29-4)13-19(28)22-11-8-12-26(3)14-17-9-6-5-7-10-17/h5-7,9-10H,8,11-14H2,1-4H3,(H,22,28). The summed E-state index contributed by atoms with van der Waals surface area (Å²) in [4.78, 5) is 23.6. The Balaban J connectivity index is 1.49. The maximum Gasteiger partial charge on any atom is 0.253 e. The van der Waals surface area contributed by atoms with Crippen LogP contribution in [0, 0.1) is 13.8 Å². The van der Waals surface area contributed by atoms with Crippen LogP contribution < -0.4 is 5.32 Å². The third kappa shape index (κ3) is 5.55. The highest BCUT2D eigenvalue weighted by Gasteiger charge is 2.15. The van der Waals surface area contributed by atoms with Crippen LogP contribution in [-0.2, 0) is 17.8 Å². The van der Waals surface area contributed by atoms with Crippen LogP contribution in [0.1, 0.15) is 28.9 Å². The molecule has 0 fully saturated rings. The number of nitrogens with zero attached hydrogens (tertiary/aromatic N) is 5. The fourth-order valence-electron chi connectivity index (χ4n) is 3.31. The molecular formula is C21H28N6OS. The van der Waals surface area contributed by atoms with Crippen LogP contribution in [-0.4, -0.2) is 56.8 Å². The van der Waals surface area contributed by atoms with Gasteiger partial charge in [-0.05, 0) is 45.7 Å². The molecule has 0 aliphatic carbocycles. The van der Waals surface area contributed by atoms with Crippen LogP contribution in [0.4, 0.5) is 0 Å². The summed E-state index contributed by atoms with van der Waals surface area (Å²) in [6, 6.07) is 10.4. The van der Waals surface area contributed by atoms with Crippen LogP contribution in [0.3, 0.4) is 0 Å². The largest absolute Gasteiger partial charge is 0.356 e. The fraction of sp³-hybridized carbons (Fsp3) is 0.429. The highest BCUT2D eigenvalue weighted by Crippen LogP contribution is 2.17. The summed E-state index contributed by atoms with van der Waals surface area (Å²) < 4.78 is 1.72. The molecule has 2 aromatic heterocycles. The summed E-state index contributed by atoms with van der Waals surface area (Å²) in [5.41, 5.74) is 3.95. The van der Waals surface area contributed by atoms with Gasteiger partial charge in [0.05, 0.1) is 6.42 Å². The maximum atomic E-state index is 12.4. The van der Waals surface area contributed by atoms with Crippen molar-refractivity contribution >= 4 is 23.4 Å². The Morgan fingerprint density at radius 1 is 1.21 bits per heavy atom. The van der Waals surface area contributed by atoms with E-state index in [0.717, 1.165) is 36.5 Å². The van der Waals surface area contributed by atoms with Gasteiger partial charge in [-0.1, -0.05) is 42.1 Å². The zero-order valence-electron chi connectivity index (χ0n) is 17.5. The zero-order valence-corrected chi connectivity index (χ0v) is 18.3. The highest BCUT2D eigenvalue weighted by atomic mass is 32.2. The monoisotopic (exact) mass is 412 g/mol. The van der Waals surface area contributed by atoms with Crippen LogP contribution in [0.15, 0.2) is 35.5 Å². The minimum Gasteiger partial charge on any atom is -0.356 e. The molecule has 0 saturated heterocycles. The molecule has 0 bridgehead atoms. The number of benzene rings is 1. The van der Waals surface area contributed by atoms with Crippen molar-refractivity contribution in [2.24, 2.45) is 0 Å². The first-order chi connectivity index (χ1) is 14.0. The Morgan fingerprint density at radius 3 is 2.69 bits per heavy atom. The zero-order chi connectivity index (χ0) is 20.8. The van der Waals surface area contributed by atoms with Gasteiger partial charge in [0.15, 0.2) is 0 Å². The number of amides is 1. The van der Waals surface area contributed by atoms with E-state index in [2.05, 4.69) is 56.6 Å². The number of rotatable bonds is 9. The number of carbonyl (C=O) groups is 1. The molecule has 8 heteroatoms. The summed E-state index contributed by atoms with van der Waals surface area (Å²) in [5, 5.41) is 8.15.